The van der Waals surface area contributed by atoms with Crippen molar-refractivity contribution in [2.75, 3.05) is 0 Å². The Bertz CT molecular complexity index is 1010. The first-order valence-electron chi connectivity index (χ1n) is 8.89. The highest BCUT2D eigenvalue weighted by Gasteiger charge is 2.30. The molecular formula is C21H17ClF3N3O2. The second-order valence-corrected chi connectivity index (χ2v) is 6.91. The normalized spacial score (nSPS) is 12.3. The van der Waals surface area contributed by atoms with E-state index in [1.807, 2.05) is 6.92 Å². The summed E-state index contributed by atoms with van der Waals surface area (Å²) in [5.74, 6) is -0.411. The molecule has 0 fully saturated rings. The maximum Gasteiger partial charge on any atom is 0.416 e. The predicted octanol–water partition coefficient (Wildman–Crippen LogP) is 5.22. The largest absolute Gasteiger partial charge is 0.472 e. The summed E-state index contributed by atoms with van der Waals surface area (Å²) in [4.78, 5) is 20.5. The maximum absolute atomic E-state index is 12.7. The van der Waals surface area contributed by atoms with E-state index in [0.29, 0.717) is 10.6 Å². The van der Waals surface area contributed by atoms with Gasteiger partial charge in [0.1, 0.15) is 18.5 Å². The molecule has 3 aromatic rings. The minimum atomic E-state index is -4.40. The Hall–Kier alpha value is -3.13. The van der Waals surface area contributed by atoms with E-state index in [9.17, 15) is 18.0 Å². The van der Waals surface area contributed by atoms with Gasteiger partial charge in [0.25, 0.3) is 5.91 Å². The lowest BCUT2D eigenvalue weighted by Crippen LogP contribution is -2.27. The van der Waals surface area contributed by atoms with Crippen molar-refractivity contribution in [3.8, 4) is 5.88 Å². The van der Waals surface area contributed by atoms with Crippen molar-refractivity contribution in [3.63, 3.8) is 0 Å². The number of ether oxygens (including phenoxy) is 1. The average Bonchev–Trinajstić information content (AvgIpc) is 2.72. The summed E-state index contributed by atoms with van der Waals surface area (Å²) < 4.78 is 43.5. The van der Waals surface area contributed by atoms with Crippen molar-refractivity contribution < 1.29 is 22.7 Å². The fraction of sp³-hybridized carbons (Fsp3) is 0.190. The van der Waals surface area contributed by atoms with E-state index in [4.69, 9.17) is 16.3 Å². The number of carbonyl (C=O) groups excluding carboxylic acids is 1. The van der Waals surface area contributed by atoms with Crippen molar-refractivity contribution in [1.29, 1.82) is 0 Å². The summed E-state index contributed by atoms with van der Waals surface area (Å²) in [6.07, 6.45) is -1.86. The predicted molar refractivity (Wildman–Crippen MR) is 105 cm³/mol. The molecule has 1 unspecified atom stereocenters. The van der Waals surface area contributed by atoms with Crippen LogP contribution in [-0.4, -0.2) is 15.9 Å². The van der Waals surface area contributed by atoms with Crippen molar-refractivity contribution in [3.05, 3.63) is 88.3 Å². The molecule has 3 rings (SSSR count). The zero-order valence-corrected chi connectivity index (χ0v) is 16.5. The Kier molecular flexibility index (Phi) is 6.56. The first-order chi connectivity index (χ1) is 14.2. The molecule has 1 N–H and O–H groups in total. The number of amides is 1. The van der Waals surface area contributed by atoms with Gasteiger partial charge in [0.05, 0.1) is 11.6 Å². The number of rotatable bonds is 6. The fourth-order valence-electron chi connectivity index (χ4n) is 2.64. The van der Waals surface area contributed by atoms with Gasteiger partial charge in [-0.3, -0.25) is 4.79 Å². The molecule has 2 aromatic carbocycles. The van der Waals surface area contributed by atoms with Crippen LogP contribution in [0.25, 0.3) is 0 Å². The summed E-state index contributed by atoms with van der Waals surface area (Å²) in [6, 6.07) is 11.3. The molecule has 1 heterocycles. The van der Waals surface area contributed by atoms with Gasteiger partial charge in [-0.1, -0.05) is 35.9 Å². The number of alkyl halides is 3. The Morgan fingerprint density at radius 3 is 2.43 bits per heavy atom. The molecule has 1 atom stereocenters. The molecule has 0 aliphatic heterocycles. The molecule has 0 spiro atoms. The van der Waals surface area contributed by atoms with Crippen LogP contribution in [0.5, 0.6) is 5.88 Å². The van der Waals surface area contributed by atoms with E-state index in [1.54, 1.807) is 24.3 Å². The van der Waals surface area contributed by atoms with E-state index in [0.717, 1.165) is 17.7 Å². The standard InChI is InChI=1S/C21H17ClF3N3O2/c1-13(15-4-8-17(22)9-5-15)28-19(29)18-10-26-12-27-20(18)30-11-14-2-6-16(7-3-14)21(23,24)25/h2-10,12-13H,11H2,1H3,(H,28,29). The van der Waals surface area contributed by atoms with Gasteiger partial charge in [-0.05, 0) is 42.3 Å². The van der Waals surface area contributed by atoms with Crippen molar-refractivity contribution in [2.45, 2.75) is 25.7 Å². The Balaban J connectivity index is 1.68. The molecule has 0 aliphatic rings. The molecule has 9 heteroatoms. The highest BCUT2D eigenvalue weighted by Crippen LogP contribution is 2.29. The minimum Gasteiger partial charge on any atom is -0.472 e. The molecule has 156 valence electrons. The first kappa shape index (κ1) is 21.6. The van der Waals surface area contributed by atoms with Crippen LogP contribution in [0.15, 0.2) is 61.1 Å². The van der Waals surface area contributed by atoms with E-state index in [2.05, 4.69) is 15.3 Å². The number of carbonyl (C=O) groups is 1. The number of benzene rings is 2. The zero-order valence-electron chi connectivity index (χ0n) is 15.8. The molecule has 0 radical (unpaired) electrons. The topological polar surface area (TPSA) is 64.1 Å². The average molecular weight is 436 g/mol. The second-order valence-electron chi connectivity index (χ2n) is 6.47. The molecule has 30 heavy (non-hydrogen) atoms. The molecule has 0 aliphatic carbocycles. The van der Waals surface area contributed by atoms with E-state index < -0.39 is 17.6 Å². The van der Waals surface area contributed by atoms with E-state index >= 15 is 0 Å². The van der Waals surface area contributed by atoms with Crippen molar-refractivity contribution in [1.82, 2.24) is 15.3 Å². The van der Waals surface area contributed by atoms with E-state index in [-0.39, 0.29) is 24.1 Å². The van der Waals surface area contributed by atoms with Crippen LogP contribution >= 0.6 is 11.6 Å². The van der Waals surface area contributed by atoms with Crippen LogP contribution in [0.2, 0.25) is 5.02 Å². The number of halogens is 4. The highest BCUT2D eigenvalue weighted by atomic mass is 35.5. The van der Waals surface area contributed by atoms with Gasteiger partial charge in [-0.25, -0.2) is 9.97 Å². The molecule has 0 saturated heterocycles. The quantitative estimate of drug-likeness (QED) is 0.576. The van der Waals surface area contributed by atoms with Gasteiger partial charge in [-0.15, -0.1) is 0 Å². The number of nitrogens with zero attached hydrogens (tertiary/aromatic N) is 2. The summed E-state index contributed by atoms with van der Waals surface area (Å²) in [7, 11) is 0. The third kappa shape index (κ3) is 5.48. The van der Waals surface area contributed by atoms with Crippen LogP contribution in [0.4, 0.5) is 13.2 Å². The third-order valence-electron chi connectivity index (χ3n) is 4.29. The monoisotopic (exact) mass is 435 g/mol. The molecule has 1 aromatic heterocycles. The van der Waals surface area contributed by atoms with Gasteiger partial charge >= 0.3 is 6.18 Å². The van der Waals surface area contributed by atoms with Gasteiger partial charge in [0.2, 0.25) is 5.88 Å². The van der Waals surface area contributed by atoms with Crippen molar-refractivity contribution in [2.24, 2.45) is 0 Å². The van der Waals surface area contributed by atoms with Gasteiger partial charge in [-0.2, -0.15) is 13.2 Å². The fourth-order valence-corrected chi connectivity index (χ4v) is 2.77. The second kappa shape index (κ2) is 9.13. The van der Waals surface area contributed by atoms with Crippen LogP contribution in [-0.2, 0) is 12.8 Å². The van der Waals surface area contributed by atoms with Crippen LogP contribution in [0.1, 0.15) is 40.0 Å². The van der Waals surface area contributed by atoms with Gasteiger partial charge in [0, 0.05) is 11.2 Å². The summed E-state index contributed by atoms with van der Waals surface area (Å²) in [5.41, 5.74) is 0.731. The summed E-state index contributed by atoms with van der Waals surface area (Å²) in [6.45, 7) is 1.76. The van der Waals surface area contributed by atoms with Crippen LogP contribution in [0.3, 0.4) is 0 Å². The number of nitrogens with one attached hydrogen (secondary N) is 1. The lowest BCUT2D eigenvalue weighted by atomic mass is 10.1. The molecule has 0 bridgehead atoms. The SMILES string of the molecule is CC(NC(=O)c1cncnc1OCc1ccc(C(F)(F)F)cc1)c1ccc(Cl)cc1. The smallest absolute Gasteiger partial charge is 0.416 e. The maximum atomic E-state index is 12.7. The molecule has 5 nitrogen and oxygen atoms in total. The highest BCUT2D eigenvalue weighted by molar-refractivity contribution is 6.30. The molecule has 0 saturated carbocycles. The lowest BCUT2D eigenvalue weighted by molar-refractivity contribution is -0.137. The Morgan fingerprint density at radius 2 is 1.80 bits per heavy atom. The number of aromatic nitrogens is 2. The summed E-state index contributed by atoms with van der Waals surface area (Å²) in [5, 5.41) is 3.42. The van der Waals surface area contributed by atoms with Crippen molar-refractivity contribution >= 4 is 17.5 Å². The van der Waals surface area contributed by atoms with Gasteiger partial charge in [0.15, 0.2) is 0 Å². The molecule has 1 amide bonds. The van der Waals surface area contributed by atoms with E-state index in [1.165, 1.54) is 24.7 Å². The van der Waals surface area contributed by atoms with Crippen LogP contribution < -0.4 is 10.1 Å². The third-order valence-corrected chi connectivity index (χ3v) is 4.55. The Labute approximate surface area is 175 Å². The Morgan fingerprint density at radius 1 is 1.13 bits per heavy atom. The number of hydrogen-bond acceptors (Lipinski definition) is 4. The van der Waals surface area contributed by atoms with Gasteiger partial charge < -0.3 is 10.1 Å². The molecular weight excluding hydrogens is 419 g/mol. The van der Waals surface area contributed by atoms with Crippen LogP contribution in [0, 0.1) is 0 Å². The lowest BCUT2D eigenvalue weighted by Gasteiger charge is -2.16. The summed E-state index contributed by atoms with van der Waals surface area (Å²) >= 11 is 5.88. The first-order valence-corrected chi connectivity index (χ1v) is 9.27. The zero-order chi connectivity index (χ0) is 21.7. The number of hydrogen-bond donors (Lipinski definition) is 1. The minimum absolute atomic E-state index is 0.0331.